The second kappa shape index (κ2) is 5.61. The van der Waals surface area contributed by atoms with Crippen LogP contribution in [0.4, 0.5) is 5.82 Å². The molecule has 1 aliphatic rings. The summed E-state index contributed by atoms with van der Waals surface area (Å²) < 4.78 is 0. The van der Waals surface area contributed by atoms with Crippen molar-refractivity contribution in [3.63, 3.8) is 0 Å². The second-order valence-corrected chi connectivity index (χ2v) is 5.72. The summed E-state index contributed by atoms with van der Waals surface area (Å²) in [5.74, 6) is 2.85. The van der Waals surface area contributed by atoms with E-state index in [1.165, 1.54) is 18.5 Å². The normalized spacial score (nSPS) is 19.6. The van der Waals surface area contributed by atoms with Crippen molar-refractivity contribution < 1.29 is 0 Å². The van der Waals surface area contributed by atoms with Gasteiger partial charge in [-0.1, -0.05) is 13.8 Å². The number of rotatable bonds is 3. The molecule has 3 heterocycles. The zero-order valence-electron chi connectivity index (χ0n) is 12.1. The smallest absolute Gasteiger partial charge is 0.133 e. The Kier molecular flexibility index (Phi) is 3.67. The Balaban J connectivity index is 1.78. The van der Waals surface area contributed by atoms with Crippen molar-refractivity contribution in [2.45, 2.75) is 38.5 Å². The Morgan fingerprint density at radius 3 is 2.95 bits per heavy atom. The third kappa shape index (κ3) is 2.66. The molecule has 5 heteroatoms. The predicted molar refractivity (Wildman–Crippen MR) is 78.9 cm³/mol. The first-order chi connectivity index (χ1) is 9.74. The predicted octanol–water partition coefficient (Wildman–Crippen LogP) is 2.71. The molecule has 0 bridgehead atoms. The summed E-state index contributed by atoms with van der Waals surface area (Å²) in [5, 5.41) is 7.16. The first-order valence-electron chi connectivity index (χ1n) is 7.31. The maximum absolute atomic E-state index is 4.70. The molecule has 106 valence electrons. The summed E-state index contributed by atoms with van der Waals surface area (Å²) in [4.78, 5) is 11.4. The largest absolute Gasteiger partial charge is 0.356 e. The van der Waals surface area contributed by atoms with Gasteiger partial charge in [0, 0.05) is 43.0 Å². The van der Waals surface area contributed by atoms with Crippen molar-refractivity contribution in [3.8, 4) is 0 Å². The van der Waals surface area contributed by atoms with E-state index in [9.17, 15) is 0 Å². The van der Waals surface area contributed by atoms with E-state index in [4.69, 9.17) is 4.98 Å². The number of aromatic amines is 1. The van der Waals surface area contributed by atoms with Crippen molar-refractivity contribution in [1.29, 1.82) is 0 Å². The van der Waals surface area contributed by atoms with Crippen molar-refractivity contribution >= 4 is 5.82 Å². The van der Waals surface area contributed by atoms with Gasteiger partial charge >= 0.3 is 0 Å². The number of nitrogens with one attached hydrogen (secondary N) is 1. The Morgan fingerprint density at radius 1 is 1.30 bits per heavy atom. The lowest BCUT2D eigenvalue weighted by molar-refractivity contribution is 0.497. The SMILES string of the molecule is CC(C)c1nccc(N2CCCC(c3ccn[nH]3)C2)n1. The van der Waals surface area contributed by atoms with Gasteiger partial charge in [-0.3, -0.25) is 5.10 Å². The summed E-state index contributed by atoms with van der Waals surface area (Å²) in [5.41, 5.74) is 1.23. The molecule has 0 aliphatic carbocycles. The minimum Gasteiger partial charge on any atom is -0.356 e. The van der Waals surface area contributed by atoms with Crippen LogP contribution in [0.2, 0.25) is 0 Å². The van der Waals surface area contributed by atoms with Gasteiger partial charge in [-0.05, 0) is 25.0 Å². The van der Waals surface area contributed by atoms with Gasteiger partial charge in [-0.25, -0.2) is 9.97 Å². The minimum atomic E-state index is 0.364. The van der Waals surface area contributed by atoms with Gasteiger partial charge in [-0.15, -0.1) is 0 Å². The van der Waals surface area contributed by atoms with Crippen molar-refractivity contribution in [2.24, 2.45) is 0 Å². The van der Waals surface area contributed by atoms with Crippen molar-refractivity contribution in [2.75, 3.05) is 18.0 Å². The number of anilines is 1. The van der Waals surface area contributed by atoms with Gasteiger partial charge in [0.25, 0.3) is 0 Å². The first-order valence-corrected chi connectivity index (χ1v) is 7.31. The quantitative estimate of drug-likeness (QED) is 0.932. The first kappa shape index (κ1) is 13.1. The maximum Gasteiger partial charge on any atom is 0.133 e. The molecular weight excluding hydrogens is 250 g/mol. The van der Waals surface area contributed by atoms with E-state index in [0.29, 0.717) is 11.8 Å². The zero-order chi connectivity index (χ0) is 13.9. The highest BCUT2D eigenvalue weighted by Crippen LogP contribution is 2.28. The molecule has 0 saturated carbocycles. The van der Waals surface area contributed by atoms with Crippen LogP contribution in [0.5, 0.6) is 0 Å². The topological polar surface area (TPSA) is 57.7 Å². The van der Waals surface area contributed by atoms with Crippen molar-refractivity contribution in [1.82, 2.24) is 20.2 Å². The van der Waals surface area contributed by atoms with Gasteiger partial charge in [0.05, 0.1) is 0 Å². The fourth-order valence-corrected chi connectivity index (χ4v) is 2.75. The molecule has 20 heavy (non-hydrogen) atoms. The molecular formula is C15H21N5. The minimum absolute atomic E-state index is 0.364. The Morgan fingerprint density at radius 2 is 2.20 bits per heavy atom. The van der Waals surface area contributed by atoms with E-state index < -0.39 is 0 Å². The molecule has 5 nitrogen and oxygen atoms in total. The summed E-state index contributed by atoms with van der Waals surface area (Å²) in [6.45, 7) is 6.32. The lowest BCUT2D eigenvalue weighted by Crippen LogP contribution is -2.35. The highest BCUT2D eigenvalue weighted by molar-refractivity contribution is 5.39. The molecule has 2 aromatic heterocycles. The average molecular weight is 271 g/mol. The average Bonchev–Trinajstić information content (AvgIpc) is 3.02. The summed E-state index contributed by atoms with van der Waals surface area (Å²) in [6.07, 6.45) is 6.10. The van der Waals surface area contributed by atoms with E-state index in [1.807, 2.05) is 18.5 Å². The van der Waals surface area contributed by atoms with Crippen LogP contribution < -0.4 is 4.90 Å². The second-order valence-electron chi connectivity index (χ2n) is 5.72. The van der Waals surface area contributed by atoms with E-state index in [1.54, 1.807) is 0 Å². The van der Waals surface area contributed by atoms with Crippen molar-refractivity contribution in [3.05, 3.63) is 36.0 Å². The number of piperidine rings is 1. The number of H-pyrrole nitrogens is 1. The lowest BCUT2D eigenvalue weighted by atomic mass is 9.95. The number of nitrogens with zero attached hydrogens (tertiary/aromatic N) is 4. The fraction of sp³-hybridized carbons (Fsp3) is 0.533. The van der Waals surface area contributed by atoms with E-state index in [-0.39, 0.29) is 0 Å². The Labute approximate surface area is 119 Å². The Hall–Kier alpha value is -1.91. The molecule has 3 rings (SSSR count). The van der Waals surface area contributed by atoms with Crippen LogP contribution >= 0.6 is 0 Å². The van der Waals surface area contributed by atoms with Crippen LogP contribution in [-0.4, -0.2) is 33.3 Å². The molecule has 1 saturated heterocycles. The molecule has 1 atom stereocenters. The molecule has 1 aliphatic heterocycles. The van der Waals surface area contributed by atoms with Crippen LogP contribution in [-0.2, 0) is 0 Å². The molecule has 0 aromatic carbocycles. The van der Waals surface area contributed by atoms with Crippen LogP contribution in [0.15, 0.2) is 24.5 Å². The Bertz CT molecular complexity index is 549. The summed E-state index contributed by atoms with van der Waals surface area (Å²) >= 11 is 0. The molecule has 2 aromatic rings. The zero-order valence-corrected chi connectivity index (χ0v) is 12.1. The fourth-order valence-electron chi connectivity index (χ4n) is 2.75. The number of hydrogen-bond donors (Lipinski definition) is 1. The van der Waals surface area contributed by atoms with Gasteiger partial charge in [-0.2, -0.15) is 5.10 Å². The van der Waals surface area contributed by atoms with Crippen LogP contribution in [0.1, 0.15) is 50.0 Å². The van der Waals surface area contributed by atoms with E-state index in [2.05, 4.69) is 40.0 Å². The molecule has 1 N–H and O–H groups in total. The molecule has 1 unspecified atom stereocenters. The van der Waals surface area contributed by atoms with Crippen LogP contribution in [0, 0.1) is 0 Å². The van der Waals surface area contributed by atoms with E-state index in [0.717, 1.165) is 24.7 Å². The molecule has 1 fully saturated rings. The third-order valence-electron chi connectivity index (χ3n) is 3.88. The van der Waals surface area contributed by atoms with Gasteiger partial charge < -0.3 is 4.90 Å². The monoisotopic (exact) mass is 271 g/mol. The lowest BCUT2D eigenvalue weighted by Gasteiger charge is -2.33. The van der Waals surface area contributed by atoms with Gasteiger partial charge in [0.2, 0.25) is 0 Å². The van der Waals surface area contributed by atoms with Crippen LogP contribution in [0.25, 0.3) is 0 Å². The number of aromatic nitrogens is 4. The van der Waals surface area contributed by atoms with E-state index >= 15 is 0 Å². The number of hydrogen-bond acceptors (Lipinski definition) is 4. The standard InChI is InChI=1S/C15H21N5/c1-11(2)15-16-7-6-14(18-15)20-9-3-4-12(10-20)13-5-8-17-19-13/h5-8,11-12H,3-4,9-10H2,1-2H3,(H,17,19). The van der Waals surface area contributed by atoms with Gasteiger partial charge in [0.1, 0.15) is 11.6 Å². The summed E-state index contributed by atoms with van der Waals surface area (Å²) in [7, 11) is 0. The highest BCUT2D eigenvalue weighted by Gasteiger charge is 2.23. The summed E-state index contributed by atoms with van der Waals surface area (Å²) in [6, 6.07) is 4.09. The maximum atomic E-state index is 4.70. The van der Waals surface area contributed by atoms with Crippen LogP contribution in [0.3, 0.4) is 0 Å². The molecule has 0 amide bonds. The molecule has 0 radical (unpaired) electrons. The third-order valence-corrected chi connectivity index (χ3v) is 3.88. The van der Waals surface area contributed by atoms with Gasteiger partial charge in [0.15, 0.2) is 0 Å². The molecule has 0 spiro atoms. The highest BCUT2D eigenvalue weighted by atomic mass is 15.2.